The van der Waals surface area contributed by atoms with Crippen LogP contribution in [0.2, 0.25) is 0 Å². The largest absolute Gasteiger partial charge is 0.382 e. The normalized spacial score (nSPS) is 10.1. The molecule has 1 aromatic heterocycles. The zero-order valence-electron chi connectivity index (χ0n) is 10.6. The summed E-state index contributed by atoms with van der Waals surface area (Å²) in [6.07, 6.45) is 1.33. The highest BCUT2D eigenvalue weighted by Crippen LogP contribution is 2.27. The maximum absolute atomic E-state index is 12.1. The van der Waals surface area contributed by atoms with Crippen LogP contribution < -0.4 is 10.6 Å². The van der Waals surface area contributed by atoms with Crippen LogP contribution in [0.4, 0.5) is 11.4 Å². The number of amides is 1. The molecule has 2 aromatic rings. The fourth-order valence-electron chi connectivity index (χ4n) is 1.72. The van der Waals surface area contributed by atoms with Gasteiger partial charge in [-0.05, 0) is 6.07 Å². The van der Waals surface area contributed by atoms with Gasteiger partial charge in [-0.3, -0.25) is 20.0 Å². The van der Waals surface area contributed by atoms with E-state index in [0.717, 1.165) is 0 Å². The molecule has 0 aliphatic rings. The molecule has 0 spiro atoms. The highest BCUT2D eigenvalue weighted by atomic mass is 16.6. The van der Waals surface area contributed by atoms with Gasteiger partial charge in [0, 0.05) is 13.1 Å². The molecule has 104 valence electrons. The third-order valence-corrected chi connectivity index (χ3v) is 2.62. The van der Waals surface area contributed by atoms with Crippen molar-refractivity contribution in [2.45, 2.75) is 6.54 Å². The van der Waals surface area contributed by atoms with Gasteiger partial charge in [0.1, 0.15) is 17.8 Å². The predicted octanol–water partition coefficient (Wildman–Crippen LogP) is 0.685. The Bertz CT molecular complexity index is 625. The number of para-hydroxylation sites is 1. The van der Waals surface area contributed by atoms with E-state index in [1.165, 1.54) is 31.6 Å². The summed E-state index contributed by atoms with van der Waals surface area (Å²) < 4.78 is 0. The second-order valence-corrected chi connectivity index (χ2v) is 3.82. The molecule has 1 heterocycles. The molecule has 0 atom stereocenters. The number of benzene rings is 1. The first kappa shape index (κ1) is 13.5. The molecule has 1 amide bonds. The van der Waals surface area contributed by atoms with E-state index < -0.39 is 10.8 Å². The standard InChI is InChI=1S/C11H12N6O3/c1-12-10-7(3-2-4-8(10)17(19)20)11(18)13-5-9-14-6-15-16-9/h2-4,6,12H,5H2,1H3,(H,13,18)(H,14,15,16). The maximum atomic E-state index is 12.1. The molecule has 9 heteroatoms. The van der Waals surface area contributed by atoms with Crippen molar-refractivity contribution in [3.8, 4) is 0 Å². The zero-order valence-corrected chi connectivity index (χ0v) is 10.6. The van der Waals surface area contributed by atoms with Crippen LogP contribution in [0.1, 0.15) is 16.2 Å². The number of aromatic nitrogens is 3. The molecule has 0 bridgehead atoms. The minimum Gasteiger partial charge on any atom is -0.382 e. The number of carbonyl (C=O) groups is 1. The zero-order chi connectivity index (χ0) is 14.5. The Labute approximate surface area is 113 Å². The number of rotatable bonds is 5. The number of nitrogens with zero attached hydrogens (tertiary/aromatic N) is 3. The van der Waals surface area contributed by atoms with Gasteiger partial charge in [0.2, 0.25) is 0 Å². The summed E-state index contributed by atoms with van der Waals surface area (Å²) in [5.74, 6) is 0.0595. The van der Waals surface area contributed by atoms with E-state index in [2.05, 4.69) is 25.8 Å². The van der Waals surface area contributed by atoms with Crippen molar-refractivity contribution in [1.29, 1.82) is 0 Å². The molecule has 0 unspecified atom stereocenters. The van der Waals surface area contributed by atoms with Crippen molar-refractivity contribution in [1.82, 2.24) is 20.5 Å². The summed E-state index contributed by atoms with van der Waals surface area (Å²) in [5.41, 5.74) is 0.216. The van der Waals surface area contributed by atoms with Crippen LogP contribution in [-0.2, 0) is 6.54 Å². The monoisotopic (exact) mass is 276 g/mol. The molecule has 1 aromatic carbocycles. The quantitative estimate of drug-likeness (QED) is 0.544. The minimum atomic E-state index is -0.543. The number of nitro benzene ring substituents is 1. The van der Waals surface area contributed by atoms with Crippen LogP contribution in [0.5, 0.6) is 0 Å². The SMILES string of the molecule is CNc1c(C(=O)NCc2ncn[nH]2)cccc1[N+](=O)[O-]. The van der Waals surface area contributed by atoms with E-state index in [1.807, 2.05) is 0 Å². The highest BCUT2D eigenvalue weighted by molar-refractivity contribution is 6.01. The lowest BCUT2D eigenvalue weighted by Gasteiger charge is -2.09. The van der Waals surface area contributed by atoms with Crippen LogP contribution >= 0.6 is 0 Å². The number of nitro groups is 1. The summed E-state index contributed by atoms with van der Waals surface area (Å²) in [6, 6.07) is 4.30. The van der Waals surface area contributed by atoms with Crippen molar-refractivity contribution in [2.24, 2.45) is 0 Å². The van der Waals surface area contributed by atoms with Crippen LogP contribution in [-0.4, -0.2) is 33.1 Å². The minimum absolute atomic E-state index is 0.153. The smallest absolute Gasteiger partial charge is 0.293 e. The lowest BCUT2D eigenvalue weighted by molar-refractivity contribution is -0.384. The van der Waals surface area contributed by atoms with Gasteiger partial charge in [0.25, 0.3) is 11.6 Å². The van der Waals surface area contributed by atoms with E-state index in [1.54, 1.807) is 0 Å². The fraction of sp³-hybridized carbons (Fsp3) is 0.182. The van der Waals surface area contributed by atoms with Gasteiger partial charge in [0.15, 0.2) is 0 Å². The number of anilines is 1. The Kier molecular flexibility index (Phi) is 3.89. The van der Waals surface area contributed by atoms with Gasteiger partial charge in [-0.15, -0.1) is 0 Å². The van der Waals surface area contributed by atoms with Crippen molar-refractivity contribution >= 4 is 17.3 Å². The van der Waals surface area contributed by atoms with E-state index in [9.17, 15) is 14.9 Å². The maximum Gasteiger partial charge on any atom is 0.293 e. The predicted molar refractivity (Wildman–Crippen MR) is 70.2 cm³/mol. The van der Waals surface area contributed by atoms with Crippen molar-refractivity contribution in [2.75, 3.05) is 12.4 Å². The lowest BCUT2D eigenvalue weighted by atomic mass is 10.1. The van der Waals surface area contributed by atoms with E-state index >= 15 is 0 Å². The third kappa shape index (κ3) is 2.71. The molecule has 0 fully saturated rings. The summed E-state index contributed by atoms with van der Waals surface area (Å²) in [4.78, 5) is 26.3. The molecule has 0 aliphatic heterocycles. The van der Waals surface area contributed by atoms with Crippen LogP contribution in [0.15, 0.2) is 24.5 Å². The summed E-state index contributed by atoms with van der Waals surface area (Å²) in [6.45, 7) is 0.157. The van der Waals surface area contributed by atoms with Crippen molar-refractivity contribution in [3.05, 3.63) is 46.0 Å². The second kappa shape index (κ2) is 5.78. The summed E-state index contributed by atoms with van der Waals surface area (Å²) in [7, 11) is 1.52. The Morgan fingerprint density at radius 2 is 2.30 bits per heavy atom. The first-order valence-corrected chi connectivity index (χ1v) is 5.71. The molecule has 0 aliphatic carbocycles. The van der Waals surface area contributed by atoms with E-state index in [4.69, 9.17) is 0 Å². The Morgan fingerprint density at radius 1 is 1.50 bits per heavy atom. The molecule has 2 rings (SSSR count). The Balaban J connectivity index is 2.21. The van der Waals surface area contributed by atoms with Gasteiger partial charge in [-0.1, -0.05) is 6.07 Å². The molecular formula is C11H12N6O3. The highest BCUT2D eigenvalue weighted by Gasteiger charge is 2.20. The second-order valence-electron chi connectivity index (χ2n) is 3.82. The van der Waals surface area contributed by atoms with E-state index in [0.29, 0.717) is 5.82 Å². The molecule has 20 heavy (non-hydrogen) atoms. The van der Waals surface area contributed by atoms with Gasteiger partial charge < -0.3 is 10.6 Å². The Hall–Kier alpha value is -2.97. The van der Waals surface area contributed by atoms with Gasteiger partial charge in [0.05, 0.1) is 17.0 Å². The van der Waals surface area contributed by atoms with Crippen molar-refractivity contribution < 1.29 is 9.72 Å². The Morgan fingerprint density at radius 3 is 2.90 bits per heavy atom. The van der Waals surface area contributed by atoms with Crippen LogP contribution in [0, 0.1) is 10.1 Å². The average molecular weight is 276 g/mol. The number of nitrogens with one attached hydrogen (secondary N) is 3. The molecule has 0 saturated heterocycles. The van der Waals surface area contributed by atoms with E-state index in [-0.39, 0.29) is 23.5 Å². The van der Waals surface area contributed by atoms with Crippen LogP contribution in [0.3, 0.4) is 0 Å². The van der Waals surface area contributed by atoms with Gasteiger partial charge >= 0.3 is 0 Å². The van der Waals surface area contributed by atoms with Gasteiger partial charge in [-0.25, -0.2) is 4.98 Å². The third-order valence-electron chi connectivity index (χ3n) is 2.62. The summed E-state index contributed by atoms with van der Waals surface area (Å²) in [5, 5.41) is 22.5. The number of H-pyrrole nitrogens is 1. The molecule has 9 nitrogen and oxygen atoms in total. The molecule has 3 N–H and O–H groups in total. The molecule has 0 saturated carbocycles. The molecular weight excluding hydrogens is 264 g/mol. The van der Waals surface area contributed by atoms with Crippen LogP contribution in [0.25, 0.3) is 0 Å². The number of hydrogen-bond donors (Lipinski definition) is 3. The average Bonchev–Trinajstić information content (AvgIpc) is 2.97. The number of hydrogen-bond acceptors (Lipinski definition) is 6. The summed E-state index contributed by atoms with van der Waals surface area (Å²) >= 11 is 0. The number of aromatic amines is 1. The first-order chi connectivity index (χ1) is 9.63. The topological polar surface area (TPSA) is 126 Å². The number of carbonyl (C=O) groups excluding carboxylic acids is 1. The molecule has 0 radical (unpaired) electrons. The van der Waals surface area contributed by atoms with Gasteiger partial charge in [-0.2, -0.15) is 5.10 Å². The van der Waals surface area contributed by atoms with Crippen molar-refractivity contribution in [3.63, 3.8) is 0 Å². The lowest BCUT2D eigenvalue weighted by Crippen LogP contribution is -2.24. The fourth-order valence-corrected chi connectivity index (χ4v) is 1.72. The first-order valence-electron chi connectivity index (χ1n) is 5.71.